The zero-order chi connectivity index (χ0) is 12.4. The molecule has 18 heavy (non-hydrogen) atoms. The molecule has 2 aliphatic rings. The summed E-state index contributed by atoms with van der Waals surface area (Å²) in [4.78, 5) is 2.38. The van der Waals surface area contributed by atoms with Crippen molar-refractivity contribution < 1.29 is 4.74 Å². The van der Waals surface area contributed by atoms with Gasteiger partial charge in [0.15, 0.2) is 0 Å². The number of hydrogen-bond donors (Lipinski definition) is 1. The van der Waals surface area contributed by atoms with Crippen molar-refractivity contribution in [1.29, 1.82) is 0 Å². The Balaban J connectivity index is 1.48. The molecular weight excluding hydrogens is 224 g/mol. The van der Waals surface area contributed by atoms with Gasteiger partial charge in [0.05, 0.1) is 6.61 Å². The van der Waals surface area contributed by atoms with Crippen molar-refractivity contribution in [1.82, 2.24) is 10.2 Å². The van der Waals surface area contributed by atoms with Gasteiger partial charge in [0.25, 0.3) is 0 Å². The van der Waals surface area contributed by atoms with E-state index in [4.69, 9.17) is 4.74 Å². The maximum Gasteiger partial charge on any atom is 0.122 e. The van der Waals surface area contributed by atoms with Crippen molar-refractivity contribution in [2.75, 3.05) is 26.7 Å². The molecule has 98 valence electrons. The number of benzene rings is 1. The molecule has 1 aliphatic heterocycles. The highest BCUT2D eigenvalue weighted by atomic mass is 16.5. The minimum Gasteiger partial charge on any atom is -0.493 e. The van der Waals surface area contributed by atoms with Gasteiger partial charge in [-0.15, -0.1) is 0 Å². The van der Waals surface area contributed by atoms with E-state index in [1.54, 1.807) is 0 Å². The highest BCUT2D eigenvalue weighted by Gasteiger charge is 2.19. The van der Waals surface area contributed by atoms with Crippen molar-refractivity contribution >= 4 is 0 Å². The zero-order valence-corrected chi connectivity index (χ0v) is 11.1. The van der Waals surface area contributed by atoms with Gasteiger partial charge in [-0.25, -0.2) is 0 Å². The van der Waals surface area contributed by atoms with Gasteiger partial charge in [-0.3, -0.25) is 0 Å². The van der Waals surface area contributed by atoms with Gasteiger partial charge in [-0.05, 0) is 37.1 Å². The third-order valence-electron chi connectivity index (χ3n) is 3.71. The van der Waals surface area contributed by atoms with Crippen LogP contribution in [0.15, 0.2) is 18.2 Å². The van der Waals surface area contributed by atoms with Crippen LogP contribution in [0.3, 0.4) is 0 Å². The Hall–Kier alpha value is -1.06. The molecule has 1 aliphatic carbocycles. The summed E-state index contributed by atoms with van der Waals surface area (Å²) in [5.41, 5.74) is 2.77. The molecule has 1 saturated carbocycles. The van der Waals surface area contributed by atoms with Gasteiger partial charge >= 0.3 is 0 Å². The van der Waals surface area contributed by atoms with Crippen LogP contribution in [0.1, 0.15) is 24.0 Å². The molecule has 0 atom stereocenters. The predicted molar refractivity (Wildman–Crippen MR) is 73.0 cm³/mol. The summed E-state index contributed by atoms with van der Waals surface area (Å²) in [6.45, 7) is 4.10. The molecule has 1 aromatic carbocycles. The lowest BCUT2D eigenvalue weighted by atomic mass is 10.1. The monoisotopic (exact) mass is 246 g/mol. The lowest BCUT2D eigenvalue weighted by Gasteiger charge is -2.17. The summed E-state index contributed by atoms with van der Waals surface area (Å²) in [5, 5.41) is 3.55. The lowest BCUT2D eigenvalue weighted by Crippen LogP contribution is -2.30. The number of rotatable bonds is 6. The standard InChI is InChI=1S/C15H22N2O/c1-17(8-7-16-14-3-4-14)11-12-2-5-15-13(10-12)6-9-18-15/h2,5,10,14,16H,3-4,6-9,11H2,1H3. The topological polar surface area (TPSA) is 24.5 Å². The van der Waals surface area contributed by atoms with E-state index in [9.17, 15) is 0 Å². The summed E-state index contributed by atoms with van der Waals surface area (Å²) in [5.74, 6) is 1.08. The van der Waals surface area contributed by atoms with Crippen LogP contribution in [0, 0.1) is 0 Å². The normalized spacial score (nSPS) is 17.9. The molecular formula is C15H22N2O. The van der Waals surface area contributed by atoms with Crippen molar-refractivity contribution in [2.45, 2.75) is 31.8 Å². The largest absolute Gasteiger partial charge is 0.493 e. The fraction of sp³-hybridized carbons (Fsp3) is 0.600. The Morgan fingerprint density at radius 2 is 2.28 bits per heavy atom. The summed E-state index contributed by atoms with van der Waals surface area (Å²) >= 11 is 0. The molecule has 3 rings (SSSR count). The first kappa shape index (κ1) is 12.0. The molecule has 0 bridgehead atoms. The van der Waals surface area contributed by atoms with Crippen molar-refractivity contribution in [3.8, 4) is 5.75 Å². The fourth-order valence-electron chi connectivity index (χ4n) is 2.48. The van der Waals surface area contributed by atoms with E-state index in [0.29, 0.717) is 0 Å². The van der Waals surface area contributed by atoms with Crippen LogP contribution in [0.5, 0.6) is 5.75 Å². The van der Waals surface area contributed by atoms with Crippen LogP contribution in [0.4, 0.5) is 0 Å². The zero-order valence-electron chi connectivity index (χ0n) is 11.1. The molecule has 0 amide bonds. The number of nitrogens with one attached hydrogen (secondary N) is 1. The summed E-state index contributed by atoms with van der Waals surface area (Å²) in [6.07, 6.45) is 3.80. The molecule has 1 aromatic rings. The quantitative estimate of drug-likeness (QED) is 0.828. The van der Waals surface area contributed by atoms with Gasteiger partial charge in [-0.2, -0.15) is 0 Å². The van der Waals surface area contributed by atoms with Crippen LogP contribution in [0.2, 0.25) is 0 Å². The summed E-state index contributed by atoms with van der Waals surface area (Å²) < 4.78 is 5.53. The van der Waals surface area contributed by atoms with E-state index in [0.717, 1.165) is 44.5 Å². The molecule has 3 heteroatoms. The van der Waals surface area contributed by atoms with E-state index in [-0.39, 0.29) is 0 Å². The van der Waals surface area contributed by atoms with E-state index >= 15 is 0 Å². The molecule has 0 saturated heterocycles. The second-order valence-electron chi connectivity index (χ2n) is 5.51. The van der Waals surface area contributed by atoms with E-state index in [1.807, 2.05) is 0 Å². The van der Waals surface area contributed by atoms with Crippen LogP contribution >= 0.6 is 0 Å². The Labute approximate surface area is 109 Å². The van der Waals surface area contributed by atoms with Gasteiger partial charge < -0.3 is 15.0 Å². The molecule has 3 nitrogen and oxygen atoms in total. The van der Waals surface area contributed by atoms with E-state index < -0.39 is 0 Å². The molecule has 0 unspecified atom stereocenters. The molecule has 1 heterocycles. The van der Waals surface area contributed by atoms with E-state index in [1.165, 1.54) is 24.0 Å². The number of nitrogens with zero attached hydrogens (tertiary/aromatic N) is 1. The third-order valence-corrected chi connectivity index (χ3v) is 3.71. The molecule has 0 spiro atoms. The number of ether oxygens (including phenoxy) is 1. The van der Waals surface area contributed by atoms with Gasteiger partial charge in [-0.1, -0.05) is 12.1 Å². The predicted octanol–water partition coefficient (Wildman–Crippen LogP) is 1.81. The van der Waals surface area contributed by atoms with Crippen LogP contribution in [-0.4, -0.2) is 37.7 Å². The minimum absolute atomic E-state index is 0.815. The van der Waals surface area contributed by atoms with Gasteiger partial charge in [0.2, 0.25) is 0 Å². The molecule has 0 radical (unpaired) electrons. The Kier molecular flexibility index (Phi) is 3.52. The van der Waals surface area contributed by atoms with Gasteiger partial charge in [0, 0.05) is 32.1 Å². The first-order chi connectivity index (χ1) is 8.81. The van der Waals surface area contributed by atoms with Gasteiger partial charge in [0.1, 0.15) is 5.75 Å². The molecule has 1 N–H and O–H groups in total. The molecule has 1 fully saturated rings. The summed E-state index contributed by atoms with van der Waals surface area (Å²) in [6, 6.07) is 7.42. The molecule has 0 aromatic heterocycles. The van der Waals surface area contributed by atoms with Crippen LogP contribution in [-0.2, 0) is 13.0 Å². The summed E-state index contributed by atoms with van der Waals surface area (Å²) in [7, 11) is 2.19. The second kappa shape index (κ2) is 5.29. The van der Waals surface area contributed by atoms with Crippen molar-refractivity contribution in [3.63, 3.8) is 0 Å². The maximum atomic E-state index is 5.53. The first-order valence-corrected chi connectivity index (χ1v) is 6.98. The number of hydrogen-bond acceptors (Lipinski definition) is 3. The SMILES string of the molecule is CN(CCNC1CC1)Cc1ccc2c(c1)CCO2. The Morgan fingerprint density at radius 3 is 3.11 bits per heavy atom. The minimum atomic E-state index is 0.815. The Bertz CT molecular complexity index is 415. The highest BCUT2D eigenvalue weighted by molar-refractivity contribution is 5.39. The van der Waals surface area contributed by atoms with E-state index in [2.05, 4.69) is 35.5 Å². The average Bonchev–Trinajstić information content (AvgIpc) is 3.06. The van der Waals surface area contributed by atoms with Crippen molar-refractivity contribution in [3.05, 3.63) is 29.3 Å². The highest BCUT2D eigenvalue weighted by Crippen LogP contribution is 2.26. The van der Waals surface area contributed by atoms with Crippen molar-refractivity contribution in [2.24, 2.45) is 0 Å². The average molecular weight is 246 g/mol. The fourth-order valence-corrected chi connectivity index (χ4v) is 2.48. The maximum absolute atomic E-state index is 5.53. The third kappa shape index (κ3) is 3.03. The number of fused-ring (bicyclic) bond motifs is 1. The lowest BCUT2D eigenvalue weighted by molar-refractivity contribution is 0.324. The van der Waals surface area contributed by atoms with Crippen LogP contribution in [0.25, 0.3) is 0 Å². The smallest absolute Gasteiger partial charge is 0.122 e. The Morgan fingerprint density at radius 1 is 1.39 bits per heavy atom. The first-order valence-electron chi connectivity index (χ1n) is 6.98. The second-order valence-corrected chi connectivity index (χ2v) is 5.51. The number of likely N-dealkylation sites (N-methyl/N-ethyl adjacent to an activating group) is 1. The van der Waals surface area contributed by atoms with Crippen LogP contribution < -0.4 is 10.1 Å².